The summed E-state index contributed by atoms with van der Waals surface area (Å²) in [6.07, 6.45) is 1.81. The summed E-state index contributed by atoms with van der Waals surface area (Å²) >= 11 is 1.61. The first-order valence-corrected chi connectivity index (χ1v) is 5.89. The van der Waals surface area contributed by atoms with Crippen molar-refractivity contribution in [3.05, 3.63) is 40.5 Å². The molecule has 0 fully saturated rings. The van der Waals surface area contributed by atoms with Gasteiger partial charge in [0.2, 0.25) is 5.88 Å². The van der Waals surface area contributed by atoms with Crippen LogP contribution in [0.15, 0.2) is 29.2 Å². The van der Waals surface area contributed by atoms with Crippen molar-refractivity contribution in [3.8, 4) is 5.88 Å². The molecule has 0 aliphatic rings. The minimum atomic E-state index is 0.642. The van der Waals surface area contributed by atoms with Crippen LogP contribution in [-0.4, -0.2) is 17.1 Å². The van der Waals surface area contributed by atoms with E-state index in [9.17, 15) is 0 Å². The molecular weight excluding hydrogens is 222 g/mol. The summed E-state index contributed by atoms with van der Waals surface area (Å²) in [4.78, 5) is 8.33. The number of rotatable bonds is 5. The molecule has 16 heavy (non-hydrogen) atoms. The standard InChI is InChI=1S/C11H13N3OS/c1-15-11-3-2-9(5-13-11)4-12-6-10-7-16-8-14-10/h2-3,5,7-8,12H,4,6H2,1H3. The number of aromatic nitrogens is 2. The molecule has 0 aliphatic heterocycles. The van der Waals surface area contributed by atoms with E-state index in [1.54, 1.807) is 18.4 Å². The molecule has 0 saturated heterocycles. The molecule has 84 valence electrons. The van der Waals surface area contributed by atoms with Gasteiger partial charge in [-0.05, 0) is 5.56 Å². The van der Waals surface area contributed by atoms with E-state index in [-0.39, 0.29) is 0 Å². The predicted molar refractivity (Wildman–Crippen MR) is 63.4 cm³/mol. The van der Waals surface area contributed by atoms with Gasteiger partial charge >= 0.3 is 0 Å². The van der Waals surface area contributed by atoms with Crippen LogP contribution in [-0.2, 0) is 13.1 Å². The van der Waals surface area contributed by atoms with E-state index in [2.05, 4.69) is 15.3 Å². The Morgan fingerprint density at radius 3 is 2.88 bits per heavy atom. The van der Waals surface area contributed by atoms with Gasteiger partial charge in [-0.2, -0.15) is 0 Å². The maximum Gasteiger partial charge on any atom is 0.212 e. The first-order valence-electron chi connectivity index (χ1n) is 4.95. The largest absolute Gasteiger partial charge is 0.481 e. The second kappa shape index (κ2) is 5.58. The summed E-state index contributed by atoms with van der Waals surface area (Å²) in [6.45, 7) is 1.57. The molecule has 2 aromatic rings. The molecule has 0 aromatic carbocycles. The van der Waals surface area contributed by atoms with Crippen molar-refractivity contribution in [2.24, 2.45) is 0 Å². The van der Waals surface area contributed by atoms with E-state index in [0.29, 0.717) is 5.88 Å². The highest BCUT2D eigenvalue weighted by Gasteiger charge is 1.97. The molecule has 0 saturated carbocycles. The molecule has 0 atom stereocenters. The Balaban J connectivity index is 1.81. The van der Waals surface area contributed by atoms with Crippen LogP contribution in [0.5, 0.6) is 5.88 Å². The van der Waals surface area contributed by atoms with E-state index in [4.69, 9.17) is 4.74 Å². The van der Waals surface area contributed by atoms with Gasteiger partial charge in [0.25, 0.3) is 0 Å². The lowest BCUT2D eigenvalue weighted by Gasteiger charge is -2.03. The lowest BCUT2D eigenvalue weighted by molar-refractivity contribution is 0.397. The van der Waals surface area contributed by atoms with Gasteiger partial charge in [0.05, 0.1) is 18.3 Å². The normalized spacial score (nSPS) is 10.3. The fourth-order valence-electron chi connectivity index (χ4n) is 1.30. The van der Waals surface area contributed by atoms with Crippen molar-refractivity contribution in [2.45, 2.75) is 13.1 Å². The number of methoxy groups -OCH3 is 1. The Kier molecular flexibility index (Phi) is 3.85. The third kappa shape index (κ3) is 3.01. The smallest absolute Gasteiger partial charge is 0.212 e. The molecule has 4 nitrogen and oxygen atoms in total. The van der Waals surface area contributed by atoms with Crippen LogP contribution in [0.25, 0.3) is 0 Å². The summed E-state index contributed by atoms with van der Waals surface area (Å²) in [6, 6.07) is 3.86. The van der Waals surface area contributed by atoms with E-state index >= 15 is 0 Å². The highest BCUT2D eigenvalue weighted by molar-refractivity contribution is 7.07. The van der Waals surface area contributed by atoms with E-state index in [1.807, 2.05) is 29.2 Å². The number of thiazole rings is 1. The quantitative estimate of drug-likeness (QED) is 0.859. The average molecular weight is 235 g/mol. The second-order valence-corrected chi connectivity index (χ2v) is 4.01. The fourth-order valence-corrected chi connectivity index (χ4v) is 1.85. The van der Waals surface area contributed by atoms with Gasteiger partial charge in [0.1, 0.15) is 0 Å². The SMILES string of the molecule is COc1ccc(CNCc2cscn2)cn1. The molecule has 0 radical (unpaired) electrons. The van der Waals surface area contributed by atoms with Crippen LogP contribution in [0.3, 0.4) is 0 Å². The minimum Gasteiger partial charge on any atom is -0.481 e. The van der Waals surface area contributed by atoms with Crippen molar-refractivity contribution in [3.63, 3.8) is 0 Å². The Labute approximate surface area is 98.3 Å². The minimum absolute atomic E-state index is 0.642. The van der Waals surface area contributed by atoms with Crippen LogP contribution in [0.1, 0.15) is 11.3 Å². The van der Waals surface area contributed by atoms with Gasteiger partial charge in [0, 0.05) is 30.7 Å². The Bertz CT molecular complexity index is 413. The van der Waals surface area contributed by atoms with Crippen molar-refractivity contribution in [1.82, 2.24) is 15.3 Å². The van der Waals surface area contributed by atoms with Crippen molar-refractivity contribution in [1.29, 1.82) is 0 Å². The third-order valence-corrected chi connectivity index (χ3v) is 2.76. The summed E-state index contributed by atoms with van der Waals surface area (Å²) in [5.41, 5.74) is 4.05. The van der Waals surface area contributed by atoms with Crippen LogP contribution in [0.4, 0.5) is 0 Å². The average Bonchev–Trinajstić information content (AvgIpc) is 2.83. The number of hydrogen-bond donors (Lipinski definition) is 1. The summed E-state index contributed by atoms with van der Waals surface area (Å²) in [5, 5.41) is 5.35. The zero-order chi connectivity index (χ0) is 11.2. The molecule has 0 unspecified atom stereocenters. The van der Waals surface area contributed by atoms with Crippen molar-refractivity contribution >= 4 is 11.3 Å². The summed E-state index contributed by atoms with van der Waals surface area (Å²) in [5.74, 6) is 0.642. The molecule has 0 spiro atoms. The highest BCUT2D eigenvalue weighted by Crippen LogP contribution is 2.06. The zero-order valence-corrected chi connectivity index (χ0v) is 9.83. The van der Waals surface area contributed by atoms with Gasteiger partial charge in [-0.15, -0.1) is 11.3 Å². The molecule has 0 bridgehead atoms. The molecule has 2 aromatic heterocycles. The van der Waals surface area contributed by atoms with Crippen molar-refractivity contribution in [2.75, 3.05) is 7.11 Å². The number of nitrogens with zero attached hydrogens (tertiary/aromatic N) is 2. The maximum absolute atomic E-state index is 4.99. The Morgan fingerprint density at radius 1 is 1.31 bits per heavy atom. The topological polar surface area (TPSA) is 47.0 Å². The molecule has 5 heteroatoms. The second-order valence-electron chi connectivity index (χ2n) is 3.29. The lowest BCUT2D eigenvalue weighted by Crippen LogP contribution is -2.12. The molecular formula is C11H13N3OS. The number of ether oxygens (including phenoxy) is 1. The molecule has 1 N–H and O–H groups in total. The van der Waals surface area contributed by atoms with Gasteiger partial charge < -0.3 is 10.1 Å². The molecule has 0 amide bonds. The monoisotopic (exact) mass is 235 g/mol. The van der Waals surface area contributed by atoms with Gasteiger partial charge in [0.15, 0.2) is 0 Å². The van der Waals surface area contributed by atoms with Gasteiger partial charge in [-0.1, -0.05) is 6.07 Å². The van der Waals surface area contributed by atoms with E-state index in [1.165, 1.54) is 0 Å². The van der Waals surface area contributed by atoms with Gasteiger partial charge in [-0.3, -0.25) is 0 Å². The highest BCUT2D eigenvalue weighted by atomic mass is 32.1. The Morgan fingerprint density at radius 2 is 2.25 bits per heavy atom. The summed E-state index contributed by atoms with van der Waals surface area (Å²) in [7, 11) is 1.61. The van der Waals surface area contributed by atoms with Crippen LogP contribution in [0.2, 0.25) is 0 Å². The van der Waals surface area contributed by atoms with Crippen molar-refractivity contribution < 1.29 is 4.74 Å². The maximum atomic E-state index is 4.99. The lowest BCUT2D eigenvalue weighted by atomic mass is 10.3. The van der Waals surface area contributed by atoms with E-state index < -0.39 is 0 Å². The third-order valence-electron chi connectivity index (χ3n) is 2.13. The van der Waals surface area contributed by atoms with Gasteiger partial charge in [-0.25, -0.2) is 9.97 Å². The summed E-state index contributed by atoms with van der Waals surface area (Å²) < 4.78 is 4.99. The van der Waals surface area contributed by atoms with E-state index in [0.717, 1.165) is 24.3 Å². The zero-order valence-electron chi connectivity index (χ0n) is 9.01. The fraction of sp³-hybridized carbons (Fsp3) is 0.273. The number of pyridine rings is 1. The van der Waals surface area contributed by atoms with Crippen LogP contribution in [0, 0.1) is 0 Å². The first-order chi connectivity index (χ1) is 7.88. The first kappa shape index (κ1) is 11.0. The molecule has 2 heterocycles. The molecule has 0 aliphatic carbocycles. The Hall–Kier alpha value is -1.46. The molecule has 2 rings (SSSR count). The van der Waals surface area contributed by atoms with Crippen LogP contribution >= 0.6 is 11.3 Å². The van der Waals surface area contributed by atoms with Crippen LogP contribution < -0.4 is 10.1 Å². The predicted octanol–water partition coefficient (Wildman–Crippen LogP) is 1.84. The number of hydrogen-bond acceptors (Lipinski definition) is 5. The number of nitrogens with one attached hydrogen (secondary N) is 1.